The molecule has 0 saturated heterocycles. The van der Waals surface area contributed by atoms with Crippen LogP contribution in [0.2, 0.25) is 0 Å². The largest absolute Gasteiger partial charge is 0.508 e. The maximum absolute atomic E-state index is 12.6. The normalized spacial score (nSPS) is 11.7. The Morgan fingerprint density at radius 1 is 1.27 bits per heavy atom. The van der Waals surface area contributed by atoms with Crippen LogP contribution in [0.15, 0.2) is 36.0 Å². The molecule has 33 heavy (non-hydrogen) atoms. The summed E-state index contributed by atoms with van der Waals surface area (Å²) in [5.74, 6) is 0.427. The standard InChI is InChI=1S/C23H27N5O4S/c1-14-21(33-13-28(14)12-18-11-25-15(2)26-22(18)24)8-9-32-23(31)20(27-16(3)29)10-17-4-6-19(30)7-5-17/h4-7,11,13,20H,8-10,12H2,1-3H3,(H3-,24,25,26,27,29,30)/p+1/t20-/m0/s1. The van der Waals surface area contributed by atoms with Crippen molar-refractivity contribution in [2.24, 2.45) is 0 Å². The maximum Gasteiger partial charge on any atom is 0.328 e. The molecule has 0 spiro atoms. The molecular weight excluding hydrogens is 442 g/mol. The number of nitrogens with one attached hydrogen (secondary N) is 1. The first-order valence-electron chi connectivity index (χ1n) is 10.5. The van der Waals surface area contributed by atoms with Gasteiger partial charge in [0.15, 0.2) is 12.2 Å². The van der Waals surface area contributed by atoms with Gasteiger partial charge in [0.25, 0.3) is 0 Å². The van der Waals surface area contributed by atoms with Crippen molar-refractivity contribution in [1.29, 1.82) is 0 Å². The molecule has 0 radical (unpaired) electrons. The first-order chi connectivity index (χ1) is 15.7. The van der Waals surface area contributed by atoms with Gasteiger partial charge in [-0.05, 0) is 24.6 Å². The van der Waals surface area contributed by atoms with Gasteiger partial charge in [-0.2, -0.15) is 4.57 Å². The third-order valence-electron chi connectivity index (χ3n) is 5.13. The van der Waals surface area contributed by atoms with Gasteiger partial charge in [0.2, 0.25) is 11.4 Å². The van der Waals surface area contributed by atoms with E-state index in [1.807, 2.05) is 12.4 Å². The van der Waals surface area contributed by atoms with E-state index in [0.717, 1.165) is 21.7 Å². The summed E-state index contributed by atoms with van der Waals surface area (Å²) in [6.07, 6.45) is 2.57. The molecule has 0 aliphatic heterocycles. The number of carbonyl (C=O) groups is 2. The lowest BCUT2D eigenvalue weighted by molar-refractivity contribution is -0.689. The smallest absolute Gasteiger partial charge is 0.328 e. The quantitative estimate of drug-likeness (QED) is 0.320. The predicted octanol–water partition coefficient (Wildman–Crippen LogP) is 1.61. The summed E-state index contributed by atoms with van der Waals surface area (Å²) in [5, 5.41) is 12.1. The van der Waals surface area contributed by atoms with E-state index in [-0.39, 0.29) is 24.7 Å². The van der Waals surface area contributed by atoms with Crippen LogP contribution in [0.1, 0.15) is 34.4 Å². The van der Waals surface area contributed by atoms with Crippen LogP contribution >= 0.6 is 11.3 Å². The Hall–Kier alpha value is -3.53. The van der Waals surface area contributed by atoms with Gasteiger partial charge in [-0.3, -0.25) is 4.79 Å². The number of benzene rings is 1. The van der Waals surface area contributed by atoms with E-state index in [9.17, 15) is 14.7 Å². The lowest BCUT2D eigenvalue weighted by atomic mass is 10.1. The van der Waals surface area contributed by atoms with E-state index >= 15 is 0 Å². The van der Waals surface area contributed by atoms with Gasteiger partial charge >= 0.3 is 5.97 Å². The minimum Gasteiger partial charge on any atom is -0.508 e. The number of nitrogens with zero attached hydrogens (tertiary/aromatic N) is 3. The predicted molar refractivity (Wildman–Crippen MR) is 124 cm³/mol. The van der Waals surface area contributed by atoms with Crippen LogP contribution in [0.3, 0.4) is 0 Å². The molecule has 174 valence electrons. The number of nitrogens with two attached hydrogens (primary N) is 1. The van der Waals surface area contributed by atoms with E-state index < -0.39 is 12.0 Å². The number of phenols is 1. The number of thiazole rings is 1. The van der Waals surface area contributed by atoms with Crippen molar-refractivity contribution in [3.63, 3.8) is 0 Å². The van der Waals surface area contributed by atoms with Crippen LogP contribution in [0.25, 0.3) is 0 Å². The van der Waals surface area contributed by atoms with E-state index in [0.29, 0.717) is 24.6 Å². The lowest BCUT2D eigenvalue weighted by Gasteiger charge is -2.17. The molecule has 4 N–H and O–H groups in total. The number of ether oxygens (including phenoxy) is 1. The third kappa shape index (κ3) is 6.72. The Balaban J connectivity index is 1.58. The van der Waals surface area contributed by atoms with Crippen LogP contribution in [0, 0.1) is 13.8 Å². The number of anilines is 1. The molecule has 2 heterocycles. The van der Waals surface area contributed by atoms with E-state index in [2.05, 4.69) is 19.9 Å². The second-order valence-corrected chi connectivity index (χ2v) is 8.67. The summed E-state index contributed by atoms with van der Waals surface area (Å²) in [6, 6.07) is 5.69. The Morgan fingerprint density at radius 3 is 2.67 bits per heavy atom. The molecular formula is C23H28N5O4S+. The van der Waals surface area contributed by atoms with Gasteiger partial charge < -0.3 is 20.9 Å². The Morgan fingerprint density at radius 2 is 2.00 bits per heavy atom. The zero-order chi connectivity index (χ0) is 24.0. The fourth-order valence-corrected chi connectivity index (χ4v) is 4.29. The van der Waals surface area contributed by atoms with Crippen LogP contribution in [0.5, 0.6) is 5.75 Å². The molecule has 1 aromatic carbocycles. The van der Waals surface area contributed by atoms with E-state index in [1.165, 1.54) is 19.1 Å². The summed E-state index contributed by atoms with van der Waals surface area (Å²) in [4.78, 5) is 33.7. The molecule has 10 heteroatoms. The Bertz CT molecular complexity index is 1130. The van der Waals surface area contributed by atoms with Crippen molar-refractivity contribution in [2.45, 2.75) is 46.2 Å². The molecule has 0 fully saturated rings. The molecule has 2 aromatic heterocycles. The average molecular weight is 471 g/mol. The number of aromatic hydroxyl groups is 1. The average Bonchev–Trinajstić information content (AvgIpc) is 3.10. The molecule has 0 unspecified atom stereocenters. The minimum absolute atomic E-state index is 0.138. The van der Waals surface area contributed by atoms with Crippen LogP contribution in [-0.4, -0.2) is 39.6 Å². The Labute approximate surface area is 196 Å². The van der Waals surface area contributed by atoms with Crippen LogP contribution in [0.4, 0.5) is 5.82 Å². The number of hydrogen-bond acceptors (Lipinski definition) is 8. The van der Waals surface area contributed by atoms with Crippen molar-refractivity contribution < 1.29 is 24.0 Å². The number of aryl methyl sites for hydroxylation is 1. The van der Waals surface area contributed by atoms with Gasteiger partial charge in [0.05, 0.1) is 17.0 Å². The number of carbonyl (C=O) groups excluding carboxylic acids is 2. The first kappa shape index (κ1) is 24.1. The lowest BCUT2D eigenvalue weighted by Crippen LogP contribution is -2.42. The van der Waals surface area contributed by atoms with Gasteiger partial charge in [-0.1, -0.05) is 23.5 Å². The molecule has 0 saturated carbocycles. The minimum atomic E-state index is -0.800. The molecule has 3 rings (SSSR count). The van der Waals surface area contributed by atoms with Crippen molar-refractivity contribution in [1.82, 2.24) is 15.3 Å². The number of nitrogen functional groups attached to an aromatic ring is 1. The second-order valence-electron chi connectivity index (χ2n) is 7.73. The number of phenolic OH excluding ortho intramolecular Hbond substituents is 1. The van der Waals surface area contributed by atoms with Gasteiger partial charge in [0, 0.05) is 32.9 Å². The fraction of sp³-hybridized carbons (Fsp3) is 0.348. The number of esters is 1. The summed E-state index contributed by atoms with van der Waals surface area (Å²) in [5.41, 5.74) is 10.7. The summed E-state index contributed by atoms with van der Waals surface area (Å²) in [7, 11) is 0. The highest BCUT2D eigenvalue weighted by Gasteiger charge is 2.23. The highest BCUT2D eigenvalue weighted by Crippen LogP contribution is 2.15. The number of amides is 1. The second kappa shape index (κ2) is 10.9. The van der Waals surface area contributed by atoms with Crippen molar-refractivity contribution in [3.05, 3.63) is 63.5 Å². The summed E-state index contributed by atoms with van der Waals surface area (Å²) < 4.78 is 7.54. The first-order valence-corrected chi connectivity index (χ1v) is 11.4. The van der Waals surface area contributed by atoms with Crippen molar-refractivity contribution in [2.75, 3.05) is 12.3 Å². The summed E-state index contributed by atoms with van der Waals surface area (Å²) >= 11 is 1.58. The van der Waals surface area contributed by atoms with E-state index in [4.69, 9.17) is 10.5 Å². The summed E-state index contributed by atoms with van der Waals surface area (Å²) in [6.45, 7) is 5.91. The van der Waals surface area contributed by atoms with Gasteiger partial charge in [-0.25, -0.2) is 14.8 Å². The zero-order valence-corrected chi connectivity index (χ0v) is 19.7. The molecule has 0 aliphatic carbocycles. The van der Waals surface area contributed by atoms with Crippen molar-refractivity contribution >= 4 is 29.0 Å². The van der Waals surface area contributed by atoms with Crippen LogP contribution in [-0.2, 0) is 33.7 Å². The topological polar surface area (TPSA) is 131 Å². The fourth-order valence-electron chi connectivity index (χ4n) is 3.32. The SMILES string of the molecule is CC(=O)N[C@@H](Cc1ccc(O)cc1)C(=O)OCCc1sc[n+](Cc2cnc(C)nc2N)c1C. The Kier molecular flexibility index (Phi) is 7.94. The molecule has 9 nitrogen and oxygen atoms in total. The highest BCUT2D eigenvalue weighted by atomic mass is 32.1. The maximum atomic E-state index is 12.6. The highest BCUT2D eigenvalue weighted by molar-refractivity contribution is 7.09. The van der Waals surface area contributed by atoms with Crippen LogP contribution < -0.4 is 15.6 Å². The number of hydrogen-bond donors (Lipinski definition) is 3. The van der Waals surface area contributed by atoms with E-state index in [1.54, 1.807) is 36.6 Å². The molecule has 0 aliphatic rings. The molecule has 0 bridgehead atoms. The molecule has 1 amide bonds. The third-order valence-corrected chi connectivity index (χ3v) is 6.27. The van der Waals surface area contributed by atoms with Gasteiger partial charge in [-0.15, -0.1) is 0 Å². The van der Waals surface area contributed by atoms with Crippen molar-refractivity contribution in [3.8, 4) is 5.75 Å². The number of rotatable bonds is 9. The zero-order valence-electron chi connectivity index (χ0n) is 18.9. The number of aromatic nitrogens is 3. The van der Waals surface area contributed by atoms with Gasteiger partial charge in [0.1, 0.15) is 23.4 Å². The monoisotopic (exact) mass is 470 g/mol. The molecule has 3 aromatic rings. The molecule has 1 atom stereocenters.